The summed E-state index contributed by atoms with van der Waals surface area (Å²) in [7, 11) is 1.63. The molecule has 1 aromatic carbocycles. The number of halogens is 1. The van der Waals surface area contributed by atoms with Crippen molar-refractivity contribution in [2.45, 2.75) is 32.4 Å². The molecule has 0 spiro atoms. The van der Waals surface area contributed by atoms with Gasteiger partial charge in [-0.2, -0.15) is 0 Å². The first-order chi connectivity index (χ1) is 9.28. The van der Waals surface area contributed by atoms with Crippen LogP contribution in [0.25, 0.3) is 0 Å². The van der Waals surface area contributed by atoms with E-state index in [1.165, 1.54) is 11.8 Å². The zero-order valence-corrected chi connectivity index (χ0v) is 13.4. The number of nitrogens with one attached hydrogen (secondary N) is 1. The summed E-state index contributed by atoms with van der Waals surface area (Å²) in [6.45, 7) is 3.63. The Kier molecular flexibility index (Phi) is 5.56. The van der Waals surface area contributed by atoms with Crippen molar-refractivity contribution >= 4 is 27.9 Å². The number of benzene rings is 1. The molecule has 0 radical (unpaired) electrons. The zero-order valence-electron chi connectivity index (χ0n) is 11.8. The van der Waals surface area contributed by atoms with Gasteiger partial charge in [-0.25, -0.2) is 9.59 Å². The third-order valence-corrected chi connectivity index (χ3v) is 3.71. The number of carboxylic acid groups (broad SMARTS) is 1. The smallest absolute Gasteiger partial charge is 0.329 e. The van der Waals surface area contributed by atoms with E-state index in [1.807, 2.05) is 24.3 Å². The van der Waals surface area contributed by atoms with Crippen LogP contribution < -0.4 is 5.32 Å². The molecule has 0 heterocycles. The minimum absolute atomic E-state index is 0.318. The summed E-state index contributed by atoms with van der Waals surface area (Å²) in [5, 5.41) is 11.7. The number of carbonyl (C=O) groups is 2. The maximum atomic E-state index is 12.1. The first-order valence-electron chi connectivity index (χ1n) is 6.29. The fourth-order valence-corrected chi connectivity index (χ4v) is 2.05. The van der Waals surface area contributed by atoms with Crippen molar-refractivity contribution in [2.75, 3.05) is 7.05 Å². The number of hydrogen-bond donors (Lipinski definition) is 2. The summed E-state index contributed by atoms with van der Waals surface area (Å²) in [4.78, 5) is 24.7. The quantitative estimate of drug-likeness (QED) is 0.864. The first-order valence-corrected chi connectivity index (χ1v) is 7.09. The van der Waals surface area contributed by atoms with Gasteiger partial charge in [0.2, 0.25) is 0 Å². The van der Waals surface area contributed by atoms with Gasteiger partial charge in [0.25, 0.3) is 0 Å². The van der Waals surface area contributed by atoms with Crippen LogP contribution in [-0.4, -0.2) is 34.6 Å². The molecule has 5 nitrogen and oxygen atoms in total. The normalized spacial score (nSPS) is 13.4. The number of aliphatic carboxylic acids is 1. The highest BCUT2D eigenvalue weighted by Gasteiger charge is 2.33. The molecule has 0 saturated carbocycles. The maximum Gasteiger partial charge on any atom is 0.329 e. The van der Waals surface area contributed by atoms with Gasteiger partial charge >= 0.3 is 12.0 Å². The molecule has 1 rings (SSSR count). The fraction of sp³-hybridized carbons (Fsp3) is 0.429. The van der Waals surface area contributed by atoms with Crippen LogP contribution in [0.5, 0.6) is 0 Å². The Morgan fingerprint density at radius 3 is 2.60 bits per heavy atom. The van der Waals surface area contributed by atoms with E-state index in [2.05, 4.69) is 21.2 Å². The van der Waals surface area contributed by atoms with Gasteiger partial charge in [-0.3, -0.25) is 0 Å². The minimum atomic E-state index is -1.25. The highest BCUT2D eigenvalue weighted by atomic mass is 79.9. The molecule has 110 valence electrons. The Balaban J connectivity index is 2.70. The molecule has 0 fully saturated rings. The van der Waals surface area contributed by atoms with Crippen LogP contribution in [0.3, 0.4) is 0 Å². The van der Waals surface area contributed by atoms with Crippen LogP contribution in [0.1, 0.15) is 25.8 Å². The van der Waals surface area contributed by atoms with Crippen molar-refractivity contribution in [1.82, 2.24) is 10.2 Å². The Labute approximate surface area is 127 Å². The number of amides is 2. The Bertz CT molecular complexity index is 507. The van der Waals surface area contributed by atoms with Crippen molar-refractivity contribution in [1.29, 1.82) is 0 Å². The van der Waals surface area contributed by atoms with Crippen LogP contribution in [0.2, 0.25) is 0 Å². The molecule has 1 unspecified atom stereocenters. The largest absolute Gasteiger partial charge is 0.480 e. The number of carbonyl (C=O) groups excluding carboxylic acids is 1. The fourth-order valence-electron chi connectivity index (χ4n) is 1.61. The molecule has 0 saturated heterocycles. The molecule has 0 aliphatic heterocycles. The number of hydrogen-bond acceptors (Lipinski definition) is 2. The molecule has 1 atom stereocenters. The molecule has 2 N–H and O–H groups in total. The van der Waals surface area contributed by atoms with Crippen molar-refractivity contribution in [3.05, 3.63) is 34.3 Å². The molecular weight excluding hydrogens is 324 g/mol. The van der Waals surface area contributed by atoms with E-state index >= 15 is 0 Å². The van der Waals surface area contributed by atoms with Crippen molar-refractivity contribution in [3.8, 4) is 0 Å². The molecule has 2 amide bonds. The first kappa shape index (κ1) is 16.5. The minimum Gasteiger partial charge on any atom is -0.480 e. The average molecular weight is 343 g/mol. The summed E-state index contributed by atoms with van der Waals surface area (Å²) < 4.78 is 0.938. The molecular formula is C14H19BrN2O3. The number of rotatable bonds is 5. The molecule has 1 aromatic rings. The van der Waals surface area contributed by atoms with E-state index in [4.69, 9.17) is 5.11 Å². The monoisotopic (exact) mass is 342 g/mol. The SMILES string of the molecule is CCC(C)(NC(=O)N(C)Cc1cccc(Br)c1)C(=O)O. The standard InChI is InChI=1S/C14H19BrN2O3/c1-4-14(2,12(18)19)16-13(20)17(3)9-10-6-5-7-11(15)8-10/h5-8H,4,9H2,1-3H3,(H,16,20)(H,18,19). The molecule has 20 heavy (non-hydrogen) atoms. The second kappa shape index (κ2) is 6.74. The second-order valence-electron chi connectivity index (χ2n) is 4.91. The maximum absolute atomic E-state index is 12.1. The van der Waals surface area contributed by atoms with E-state index in [1.54, 1.807) is 14.0 Å². The van der Waals surface area contributed by atoms with Crippen LogP contribution in [-0.2, 0) is 11.3 Å². The van der Waals surface area contributed by atoms with Crippen molar-refractivity contribution < 1.29 is 14.7 Å². The number of carboxylic acids is 1. The summed E-state index contributed by atoms with van der Waals surface area (Å²) in [5.74, 6) is -1.04. The molecule has 6 heteroatoms. The lowest BCUT2D eigenvalue weighted by atomic mass is 10.00. The Morgan fingerprint density at radius 2 is 2.10 bits per heavy atom. The topological polar surface area (TPSA) is 69.6 Å². The molecule has 0 aromatic heterocycles. The average Bonchev–Trinajstić information content (AvgIpc) is 2.38. The van der Waals surface area contributed by atoms with E-state index in [-0.39, 0.29) is 0 Å². The highest BCUT2D eigenvalue weighted by molar-refractivity contribution is 9.10. The van der Waals surface area contributed by atoms with Gasteiger partial charge in [0.05, 0.1) is 0 Å². The van der Waals surface area contributed by atoms with Crippen molar-refractivity contribution in [2.24, 2.45) is 0 Å². The van der Waals surface area contributed by atoms with Crippen LogP contribution in [0.4, 0.5) is 4.79 Å². The molecule has 0 aliphatic carbocycles. The van der Waals surface area contributed by atoms with E-state index < -0.39 is 17.5 Å². The van der Waals surface area contributed by atoms with Gasteiger partial charge in [0, 0.05) is 18.1 Å². The summed E-state index contributed by atoms with van der Waals surface area (Å²) in [6, 6.07) is 7.21. The Morgan fingerprint density at radius 1 is 1.45 bits per heavy atom. The van der Waals surface area contributed by atoms with Crippen LogP contribution in [0, 0.1) is 0 Å². The number of urea groups is 1. The molecule has 0 bridgehead atoms. The van der Waals surface area contributed by atoms with Crippen LogP contribution in [0.15, 0.2) is 28.7 Å². The van der Waals surface area contributed by atoms with Gasteiger partial charge in [-0.1, -0.05) is 35.0 Å². The van der Waals surface area contributed by atoms with Crippen molar-refractivity contribution in [3.63, 3.8) is 0 Å². The zero-order chi connectivity index (χ0) is 15.3. The summed E-state index contributed by atoms with van der Waals surface area (Å²) in [6.07, 6.45) is 0.318. The highest BCUT2D eigenvalue weighted by Crippen LogP contribution is 2.14. The van der Waals surface area contributed by atoms with Crippen LogP contribution >= 0.6 is 15.9 Å². The van der Waals surface area contributed by atoms with Gasteiger partial charge in [0.1, 0.15) is 5.54 Å². The second-order valence-corrected chi connectivity index (χ2v) is 5.82. The van der Waals surface area contributed by atoms with Gasteiger partial charge in [-0.15, -0.1) is 0 Å². The predicted molar refractivity (Wildman–Crippen MR) is 80.5 cm³/mol. The van der Waals surface area contributed by atoms with Gasteiger partial charge in [-0.05, 0) is 31.0 Å². The molecule has 0 aliphatic rings. The third kappa shape index (κ3) is 4.23. The van der Waals surface area contributed by atoms with E-state index in [9.17, 15) is 9.59 Å². The predicted octanol–water partition coefficient (Wildman–Crippen LogP) is 2.84. The number of nitrogens with zero attached hydrogens (tertiary/aromatic N) is 1. The summed E-state index contributed by atoms with van der Waals surface area (Å²) in [5.41, 5.74) is -0.284. The lowest BCUT2D eigenvalue weighted by molar-refractivity contribution is -0.143. The van der Waals surface area contributed by atoms with E-state index in [0.717, 1.165) is 10.0 Å². The lowest BCUT2D eigenvalue weighted by Crippen LogP contribution is -2.54. The van der Waals surface area contributed by atoms with Gasteiger partial charge in [0.15, 0.2) is 0 Å². The van der Waals surface area contributed by atoms with E-state index in [0.29, 0.717) is 13.0 Å². The third-order valence-electron chi connectivity index (χ3n) is 3.22. The Hall–Kier alpha value is -1.56. The lowest BCUT2D eigenvalue weighted by Gasteiger charge is -2.28. The summed E-state index contributed by atoms with van der Waals surface area (Å²) >= 11 is 3.37. The van der Waals surface area contributed by atoms with Gasteiger partial charge < -0.3 is 15.3 Å².